The standard InChI is InChI=1S/C14H26N2O3/c1-9-7-10(2)12(4)16(8-9)14(19)15-11(3)5-6-13(17)18/h9-12H,5-8H2,1-4H3,(H,15,19)(H,17,18). The lowest BCUT2D eigenvalue weighted by Gasteiger charge is -2.41. The van der Waals surface area contributed by atoms with E-state index in [2.05, 4.69) is 26.1 Å². The molecule has 5 nitrogen and oxygen atoms in total. The van der Waals surface area contributed by atoms with E-state index < -0.39 is 5.97 Å². The van der Waals surface area contributed by atoms with Crippen molar-refractivity contribution in [1.82, 2.24) is 10.2 Å². The zero-order valence-electron chi connectivity index (χ0n) is 12.3. The van der Waals surface area contributed by atoms with Crippen LogP contribution in [0, 0.1) is 11.8 Å². The molecule has 19 heavy (non-hydrogen) atoms. The minimum absolute atomic E-state index is 0.0659. The van der Waals surface area contributed by atoms with Gasteiger partial charge in [0.1, 0.15) is 0 Å². The molecule has 110 valence electrons. The smallest absolute Gasteiger partial charge is 0.317 e. The Bertz CT molecular complexity index is 333. The zero-order valence-corrected chi connectivity index (χ0v) is 12.3. The van der Waals surface area contributed by atoms with Gasteiger partial charge in [-0.3, -0.25) is 4.79 Å². The lowest BCUT2D eigenvalue weighted by Crippen LogP contribution is -2.54. The van der Waals surface area contributed by atoms with Crippen molar-refractivity contribution in [3.05, 3.63) is 0 Å². The lowest BCUT2D eigenvalue weighted by molar-refractivity contribution is -0.137. The number of aliphatic carboxylic acids is 1. The number of urea groups is 1. The first-order chi connectivity index (χ1) is 8.81. The Hall–Kier alpha value is -1.26. The van der Waals surface area contributed by atoms with Crippen LogP contribution in [0.3, 0.4) is 0 Å². The Morgan fingerprint density at radius 3 is 2.58 bits per heavy atom. The van der Waals surface area contributed by atoms with Crippen LogP contribution >= 0.6 is 0 Å². The highest BCUT2D eigenvalue weighted by molar-refractivity contribution is 5.75. The van der Waals surface area contributed by atoms with Crippen molar-refractivity contribution in [2.45, 2.75) is 59.0 Å². The predicted octanol–water partition coefficient (Wildman–Crippen LogP) is 2.32. The number of likely N-dealkylation sites (tertiary alicyclic amines) is 1. The summed E-state index contributed by atoms with van der Waals surface area (Å²) in [7, 11) is 0. The summed E-state index contributed by atoms with van der Waals surface area (Å²) < 4.78 is 0. The van der Waals surface area contributed by atoms with Gasteiger partial charge >= 0.3 is 12.0 Å². The summed E-state index contributed by atoms with van der Waals surface area (Å²) in [5.74, 6) is 0.199. The summed E-state index contributed by atoms with van der Waals surface area (Å²) in [4.78, 5) is 24.6. The van der Waals surface area contributed by atoms with E-state index >= 15 is 0 Å². The first-order valence-electron chi connectivity index (χ1n) is 7.10. The van der Waals surface area contributed by atoms with Crippen LogP contribution in [0.25, 0.3) is 0 Å². The number of carbonyl (C=O) groups is 2. The van der Waals surface area contributed by atoms with Crippen LogP contribution in [-0.2, 0) is 4.79 Å². The molecule has 1 heterocycles. The molecule has 0 aromatic carbocycles. The van der Waals surface area contributed by atoms with Crippen LogP contribution in [0.1, 0.15) is 47.0 Å². The average Bonchev–Trinajstić information content (AvgIpc) is 2.31. The zero-order chi connectivity index (χ0) is 14.6. The molecule has 1 fully saturated rings. The number of carboxylic acid groups (broad SMARTS) is 1. The average molecular weight is 270 g/mol. The van der Waals surface area contributed by atoms with E-state index in [1.165, 1.54) is 0 Å². The Morgan fingerprint density at radius 2 is 2.00 bits per heavy atom. The molecule has 2 amide bonds. The Kier molecular flexibility index (Phi) is 5.63. The van der Waals surface area contributed by atoms with Crippen molar-refractivity contribution in [2.24, 2.45) is 11.8 Å². The molecule has 0 bridgehead atoms. The van der Waals surface area contributed by atoms with E-state index in [-0.39, 0.29) is 24.5 Å². The third-order valence-electron chi connectivity index (χ3n) is 4.02. The maximum absolute atomic E-state index is 12.2. The highest BCUT2D eigenvalue weighted by atomic mass is 16.4. The number of rotatable bonds is 4. The molecule has 0 spiro atoms. The van der Waals surface area contributed by atoms with Gasteiger partial charge in [-0.05, 0) is 38.5 Å². The molecular formula is C14H26N2O3. The summed E-state index contributed by atoms with van der Waals surface area (Å²) >= 11 is 0. The van der Waals surface area contributed by atoms with Gasteiger partial charge in [-0.25, -0.2) is 4.79 Å². The van der Waals surface area contributed by atoms with Gasteiger partial charge < -0.3 is 15.3 Å². The van der Waals surface area contributed by atoms with Crippen molar-refractivity contribution in [1.29, 1.82) is 0 Å². The first-order valence-corrected chi connectivity index (χ1v) is 7.10. The fourth-order valence-electron chi connectivity index (χ4n) is 2.69. The fourth-order valence-corrected chi connectivity index (χ4v) is 2.69. The van der Waals surface area contributed by atoms with Crippen LogP contribution in [0.5, 0.6) is 0 Å². The van der Waals surface area contributed by atoms with Gasteiger partial charge in [0, 0.05) is 25.0 Å². The fraction of sp³-hybridized carbons (Fsp3) is 0.857. The van der Waals surface area contributed by atoms with E-state index in [4.69, 9.17) is 5.11 Å². The number of hydrogen-bond donors (Lipinski definition) is 2. The van der Waals surface area contributed by atoms with E-state index in [1.54, 1.807) is 0 Å². The van der Waals surface area contributed by atoms with Gasteiger partial charge in [0.2, 0.25) is 0 Å². The minimum Gasteiger partial charge on any atom is -0.481 e. The number of amides is 2. The van der Waals surface area contributed by atoms with Gasteiger partial charge in [0.05, 0.1) is 0 Å². The van der Waals surface area contributed by atoms with Crippen molar-refractivity contribution in [3.8, 4) is 0 Å². The monoisotopic (exact) mass is 270 g/mol. The second kappa shape index (κ2) is 6.78. The van der Waals surface area contributed by atoms with Crippen LogP contribution < -0.4 is 5.32 Å². The quantitative estimate of drug-likeness (QED) is 0.823. The van der Waals surface area contributed by atoms with Crippen LogP contribution in [0.15, 0.2) is 0 Å². The van der Waals surface area contributed by atoms with Gasteiger partial charge in [-0.15, -0.1) is 0 Å². The number of carbonyl (C=O) groups excluding carboxylic acids is 1. The van der Waals surface area contributed by atoms with Crippen molar-refractivity contribution in [2.75, 3.05) is 6.54 Å². The van der Waals surface area contributed by atoms with Crippen molar-refractivity contribution in [3.63, 3.8) is 0 Å². The topological polar surface area (TPSA) is 69.6 Å². The molecule has 1 saturated heterocycles. The van der Waals surface area contributed by atoms with E-state index in [0.717, 1.165) is 13.0 Å². The summed E-state index contributed by atoms with van der Waals surface area (Å²) in [6.45, 7) is 9.05. The maximum Gasteiger partial charge on any atom is 0.317 e. The van der Waals surface area contributed by atoms with Crippen LogP contribution in [-0.4, -0.2) is 40.6 Å². The number of piperidine rings is 1. The predicted molar refractivity (Wildman–Crippen MR) is 74.0 cm³/mol. The highest BCUT2D eigenvalue weighted by Gasteiger charge is 2.32. The Balaban J connectivity index is 2.49. The molecule has 0 aromatic rings. The van der Waals surface area contributed by atoms with Gasteiger partial charge in [0.25, 0.3) is 0 Å². The molecule has 2 N–H and O–H groups in total. The number of carboxylic acids is 1. The third kappa shape index (κ3) is 4.73. The van der Waals surface area contributed by atoms with E-state index in [9.17, 15) is 9.59 Å². The van der Waals surface area contributed by atoms with Gasteiger partial charge in [-0.1, -0.05) is 13.8 Å². The van der Waals surface area contributed by atoms with E-state index in [0.29, 0.717) is 18.3 Å². The molecule has 0 aromatic heterocycles. The summed E-state index contributed by atoms with van der Waals surface area (Å²) in [6, 6.07) is 0.0648. The summed E-state index contributed by atoms with van der Waals surface area (Å²) in [6.07, 6.45) is 1.71. The molecule has 4 unspecified atom stereocenters. The third-order valence-corrected chi connectivity index (χ3v) is 4.02. The summed E-state index contributed by atoms with van der Waals surface area (Å²) in [5.41, 5.74) is 0. The number of hydrogen-bond acceptors (Lipinski definition) is 2. The second-order valence-electron chi connectivity index (χ2n) is 5.99. The molecular weight excluding hydrogens is 244 g/mol. The maximum atomic E-state index is 12.2. The second-order valence-corrected chi connectivity index (χ2v) is 5.99. The molecule has 0 saturated carbocycles. The summed E-state index contributed by atoms with van der Waals surface area (Å²) in [5, 5.41) is 11.5. The first kappa shape index (κ1) is 15.8. The number of nitrogens with one attached hydrogen (secondary N) is 1. The highest BCUT2D eigenvalue weighted by Crippen LogP contribution is 2.26. The van der Waals surface area contributed by atoms with Crippen LogP contribution in [0.4, 0.5) is 4.79 Å². The Morgan fingerprint density at radius 1 is 1.37 bits per heavy atom. The molecule has 1 aliphatic heterocycles. The van der Waals surface area contributed by atoms with Gasteiger partial charge in [0.15, 0.2) is 0 Å². The van der Waals surface area contributed by atoms with Crippen LogP contribution in [0.2, 0.25) is 0 Å². The van der Waals surface area contributed by atoms with Crippen molar-refractivity contribution >= 4 is 12.0 Å². The molecule has 4 atom stereocenters. The van der Waals surface area contributed by atoms with Gasteiger partial charge in [-0.2, -0.15) is 0 Å². The molecule has 5 heteroatoms. The lowest BCUT2D eigenvalue weighted by atomic mass is 9.86. The molecule has 1 rings (SSSR count). The van der Waals surface area contributed by atoms with E-state index in [1.807, 2.05) is 11.8 Å². The van der Waals surface area contributed by atoms with Crippen molar-refractivity contribution < 1.29 is 14.7 Å². The molecule has 1 aliphatic rings. The number of nitrogens with zero attached hydrogens (tertiary/aromatic N) is 1. The normalized spacial score (nSPS) is 28.8. The SMILES string of the molecule is CC1CC(C)C(C)N(C(=O)NC(C)CCC(=O)O)C1. The minimum atomic E-state index is -0.824. The molecule has 0 aliphatic carbocycles. The molecule has 0 radical (unpaired) electrons. The largest absolute Gasteiger partial charge is 0.481 e. The Labute approximate surface area is 115 Å².